The number of hydrogen-bond acceptors (Lipinski definition) is 2. The molecular weight excluding hydrogens is 725 g/mol. The number of nitrogens with zero attached hydrogens (tertiary/aromatic N) is 2. The molecule has 11 rings (SSSR count). The Bertz CT molecular complexity index is 3170. The first-order valence-electron chi connectivity index (χ1n) is 21.3. The monoisotopic (exact) mass is 772 g/mol. The number of anilines is 6. The summed E-state index contributed by atoms with van der Waals surface area (Å²) in [6.07, 6.45) is 0. The van der Waals surface area contributed by atoms with Crippen molar-refractivity contribution >= 4 is 55.7 Å². The molecule has 0 bridgehead atoms. The van der Waals surface area contributed by atoms with Crippen LogP contribution in [0.25, 0.3) is 43.8 Å². The number of fused-ring (bicyclic) bond motifs is 11. The van der Waals surface area contributed by atoms with Crippen LogP contribution in [-0.4, -0.2) is 0 Å². The zero-order valence-electron chi connectivity index (χ0n) is 35.2. The summed E-state index contributed by atoms with van der Waals surface area (Å²) in [7, 11) is 0. The van der Waals surface area contributed by atoms with Gasteiger partial charge in [0.15, 0.2) is 0 Å². The van der Waals surface area contributed by atoms with Crippen LogP contribution in [0.2, 0.25) is 0 Å². The van der Waals surface area contributed by atoms with E-state index in [1.165, 1.54) is 99.9 Å². The summed E-state index contributed by atoms with van der Waals surface area (Å²) in [5.41, 5.74) is 20.1. The van der Waals surface area contributed by atoms with Crippen LogP contribution in [0.4, 0.5) is 34.1 Å². The van der Waals surface area contributed by atoms with Crippen molar-refractivity contribution in [3.05, 3.63) is 215 Å². The molecule has 0 aliphatic heterocycles. The van der Waals surface area contributed by atoms with E-state index in [-0.39, 0.29) is 10.8 Å². The molecule has 2 heteroatoms. The predicted molar refractivity (Wildman–Crippen MR) is 255 cm³/mol. The minimum absolute atomic E-state index is 0.237. The Hall–Kier alpha value is -6.90. The maximum absolute atomic E-state index is 2.52. The van der Waals surface area contributed by atoms with Crippen LogP contribution in [0.3, 0.4) is 0 Å². The Morgan fingerprint density at radius 2 is 0.750 bits per heavy atom. The maximum Gasteiger partial charge on any atom is 0.0543 e. The smallest absolute Gasteiger partial charge is 0.0543 e. The van der Waals surface area contributed by atoms with Gasteiger partial charge in [0.25, 0.3) is 0 Å². The van der Waals surface area contributed by atoms with E-state index in [0.717, 1.165) is 11.4 Å². The quantitative estimate of drug-likeness (QED) is 0.166. The molecule has 0 atom stereocenters. The highest BCUT2D eigenvalue weighted by Crippen LogP contribution is 2.63. The zero-order valence-corrected chi connectivity index (χ0v) is 35.2. The van der Waals surface area contributed by atoms with E-state index in [1.807, 2.05) is 0 Å². The van der Waals surface area contributed by atoms with Crippen LogP contribution in [0, 0.1) is 13.8 Å². The lowest BCUT2D eigenvalue weighted by atomic mass is 9.77. The van der Waals surface area contributed by atoms with Gasteiger partial charge in [0.2, 0.25) is 0 Å². The van der Waals surface area contributed by atoms with Gasteiger partial charge in [0.1, 0.15) is 0 Å². The number of rotatable bonds is 6. The van der Waals surface area contributed by atoms with Gasteiger partial charge in [0, 0.05) is 44.4 Å². The molecule has 0 saturated heterocycles. The molecule has 9 aromatic rings. The standard InChI is InChI=1S/C58H48N2/c1-37-21-13-19-31-49(37)59(39-23-9-7-10-24-39)51-35-47-53(43-29-17-15-27-41(43)51)45-33-34-46-55(56(45)58(47,5)6)54-44-30-18-16-28-42(44)52(36-48(54)57(46,3)4)60(40-25-11-8-12-26-40)50-32-20-14-22-38(50)2/h7-36H,1-6H3. The summed E-state index contributed by atoms with van der Waals surface area (Å²) in [5.74, 6) is 0. The van der Waals surface area contributed by atoms with Crippen molar-refractivity contribution in [2.24, 2.45) is 0 Å². The normalized spacial score (nSPS) is 14.1. The molecule has 0 heterocycles. The van der Waals surface area contributed by atoms with Crippen LogP contribution in [0.5, 0.6) is 0 Å². The molecule has 2 aliphatic carbocycles. The molecule has 60 heavy (non-hydrogen) atoms. The molecule has 0 fully saturated rings. The summed E-state index contributed by atoms with van der Waals surface area (Å²) >= 11 is 0. The molecule has 2 nitrogen and oxygen atoms in total. The fourth-order valence-electron chi connectivity index (χ4n) is 10.7. The Morgan fingerprint density at radius 1 is 0.333 bits per heavy atom. The lowest BCUT2D eigenvalue weighted by Crippen LogP contribution is -2.19. The van der Waals surface area contributed by atoms with E-state index >= 15 is 0 Å². The van der Waals surface area contributed by atoms with E-state index in [9.17, 15) is 0 Å². The van der Waals surface area contributed by atoms with Crippen LogP contribution >= 0.6 is 0 Å². The average Bonchev–Trinajstić information content (AvgIpc) is 3.65. The van der Waals surface area contributed by atoms with Crippen molar-refractivity contribution in [3.8, 4) is 22.3 Å². The van der Waals surface area contributed by atoms with Gasteiger partial charge in [-0.3, -0.25) is 0 Å². The highest BCUT2D eigenvalue weighted by Gasteiger charge is 2.46. The summed E-state index contributed by atoms with van der Waals surface area (Å²) < 4.78 is 0. The topological polar surface area (TPSA) is 6.48 Å². The second kappa shape index (κ2) is 13.3. The molecule has 9 aromatic carbocycles. The molecular formula is C58H48N2. The molecule has 0 aromatic heterocycles. The van der Waals surface area contributed by atoms with Crippen molar-refractivity contribution in [3.63, 3.8) is 0 Å². The number of benzene rings is 9. The van der Waals surface area contributed by atoms with Gasteiger partial charge in [-0.1, -0.05) is 161 Å². The number of hydrogen-bond donors (Lipinski definition) is 0. The van der Waals surface area contributed by atoms with Gasteiger partial charge in [-0.15, -0.1) is 0 Å². The molecule has 2 aliphatic rings. The Labute approximate surface area is 354 Å². The first kappa shape index (κ1) is 36.2. The molecule has 0 spiro atoms. The Balaban J connectivity index is 1.19. The van der Waals surface area contributed by atoms with Crippen molar-refractivity contribution in [1.82, 2.24) is 0 Å². The molecule has 290 valence electrons. The van der Waals surface area contributed by atoms with Gasteiger partial charge in [-0.05, 0) is 129 Å². The van der Waals surface area contributed by atoms with E-state index in [2.05, 4.69) is 233 Å². The summed E-state index contributed by atoms with van der Waals surface area (Å²) in [6, 6.07) is 67.4. The third-order valence-electron chi connectivity index (χ3n) is 13.6. The zero-order chi connectivity index (χ0) is 40.9. The van der Waals surface area contributed by atoms with E-state index in [0.29, 0.717) is 0 Å². The van der Waals surface area contributed by atoms with Crippen molar-refractivity contribution in [2.45, 2.75) is 52.4 Å². The molecule has 0 saturated carbocycles. The highest BCUT2D eigenvalue weighted by atomic mass is 15.2. The fraction of sp³-hybridized carbons (Fsp3) is 0.138. The second-order valence-corrected chi connectivity index (χ2v) is 17.8. The van der Waals surface area contributed by atoms with Gasteiger partial charge in [-0.2, -0.15) is 0 Å². The first-order valence-corrected chi connectivity index (χ1v) is 21.3. The summed E-state index contributed by atoms with van der Waals surface area (Å²) in [6.45, 7) is 14.2. The average molecular weight is 773 g/mol. The van der Waals surface area contributed by atoms with Gasteiger partial charge < -0.3 is 9.80 Å². The van der Waals surface area contributed by atoms with Crippen LogP contribution in [-0.2, 0) is 10.8 Å². The van der Waals surface area contributed by atoms with Crippen molar-refractivity contribution in [2.75, 3.05) is 9.80 Å². The highest BCUT2D eigenvalue weighted by molar-refractivity contribution is 6.15. The minimum atomic E-state index is -0.294. The minimum Gasteiger partial charge on any atom is -0.310 e. The van der Waals surface area contributed by atoms with Crippen LogP contribution in [0.15, 0.2) is 182 Å². The lowest BCUT2D eigenvalue weighted by molar-refractivity contribution is 0.648. The van der Waals surface area contributed by atoms with Crippen molar-refractivity contribution < 1.29 is 0 Å². The molecule has 0 N–H and O–H groups in total. The molecule has 0 radical (unpaired) electrons. The molecule has 0 unspecified atom stereocenters. The first-order chi connectivity index (χ1) is 29.2. The van der Waals surface area contributed by atoms with Crippen LogP contribution < -0.4 is 9.80 Å². The van der Waals surface area contributed by atoms with E-state index in [1.54, 1.807) is 0 Å². The van der Waals surface area contributed by atoms with Crippen LogP contribution in [0.1, 0.15) is 61.1 Å². The predicted octanol–water partition coefficient (Wildman–Crippen LogP) is 16.2. The number of aryl methyl sites for hydroxylation is 2. The van der Waals surface area contributed by atoms with E-state index < -0.39 is 0 Å². The lowest BCUT2D eigenvalue weighted by Gasteiger charge is -2.31. The maximum atomic E-state index is 2.52. The summed E-state index contributed by atoms with van der Waals surface area (Å²) in [5, 5.41) is 5.09. The van der Waals surface area contributed by atoms with Gasteiger partial charge in [0.05, 0.1) is 11.4 Å². The Kier molecular flexibility index (Phi) is 8.03. The third-order valence-corrected chi connectivity index (χ3v) is 13.6. The third kappa shape index (κ3) is 5.13. The Morgan fingerprint density at radius 3 is 1.25 bits per heavy atom. The number of para-hydroxylation sites is 4. The van der Waals surface area contributed by atoms with E-state index in [4.69, 9.17) is 0 Å². The van der Waals surface area contributed by atoms with Gasteiger partial charge >= 0.3 is 0 Å². The fourth-order valence-corrected chi connectivity index (χ4v) is 10.7. The van der Waals surface area contributed by atoms with Crippen molar-refractivity contribution in [1.29, 1.82) is 0 Å². The molecule has 0 amide bonds. The van der Waals surface area contributed by atoms with Gasteiger partial charge in [-0.25, -0.2) is 0 Å². The SMILES string of the molecule is Cc1ccccc1N(c1ccccc1)c1cc2c(c3ccccc13)-c1ccc3c(c1C2(C)C)-c1c(cc(N(c2ccccc2)c2ccccc2C)c2ccccc12)C3(C)C. The summed E-state index contributed by atoms with van der Waals surface area (Å²) in [4.78, 5) is 4.95. The second-order valence-electron chi connectivity index (χ2n) is 17.8. The largest absolute Gasteiger partial charge is 0.310 e.